The number of aromatic nitrogens is 3. The Morgan fingerprint density at radius 2 is 2.04 bits per heavy atom. The maximum atomic E-state index is 14.8. The van der Waals surface area contributed by atoms with Crippen molar-refractivity contribution in [1.82, 2.24) is 19.9 Å². The molecule has 2 aromatic heterocycles. The molecule has 0 saturated carbocycles. The van der Waals surface area contributed by atoms with Crippen LogP contribution in [-0.4, -0.2) is 58.2 Å². The summed E-state index contributed by atoms with van der Waals surface area (Å²) in [6.45, 7) is 1.56. The SMILES string of the molecule is O=C([C@H]1CCN(c2ncc(F)cn2)C[C@@H]1F)N1CCOc2ccncc2C1. The van der Waals surface area contributed by atoms with E-state index in [9.17, 15) is 13.6 Å². The first-order valence-corrected chi connectivity index (χ1v) is 8.83. The van der Waals surface area contributed by atoms with E-state index in [0.717, 1.165) is 18.0 Å². The zero-order valence-electron chi connectivity index (χ0n) is 14.6. The molecular weight excluding hydrogens is 356 g/mol. The van der Waals surface area contributed by atoms with Crippen LogP contribution in [0.2, 0.25) is 0 Å². The maximum Gasteiger partial charge on any atom is 0.229 e. The van der Waals surface area contributed by atoms with E-state index >= 15 is 0 Å². The van der Waals surface area contributed by atoms with E-state index in [0.29, 0.717) is 38.4 Å². The summed E-state index contributed by atoms with van der Waals surface area (Å²) < 4.78 is 33.4. The van der Waals surface area contributed by atoms with Crippen molar-refractivity contribution in [1.29, 1.82) is 0 Å². The third-order valence-electron chi connectivity index (χ3n) is 4.90. The summed E-state index contributed by atoms with van der Waals surface area (Å²) in [6, 6.07) is 1.77. The number of halogens is 2. The van der Waals surface area contributed by atoms with Crippen LogP contribution >= 0.6 is 0 Å². The second kappa shape index (κ2) is 7.42. The molecule has 142 valence electrons. The molecule has 0 radical (unpaired) electrons. The topological polar surface area (TPSA) is 71.5 Å². The molecule has 2 aromatic rings. The standard InChI is InChI=1S/C18H19F2N5O2/c19-13-8-22-18(23-9-13)25-4-2-14(15(20)11-25)17(26)24-5-6-27-16-1-3-21-7-12(16)10-24/h1,3,7-9,14-15H,2,4-6,10-11H2/t14-,15-/m0/s1. The van der Waals surface area contributed by atoms with Gasteiger partial charge in [0.25, 0.3) is 0 Å². The fraction of sp³-hybridized carbons (Fsp3) is 0.444. The summed E-state index contributed by atoms with van der Waals surface area (Å²) in [5.41, 5.74) is 0.816. The number of carbonyl (C=O) groups is 1. The number of hydrogen-bond acceptors (Lipinski definition) is 6. The van der Waals surface area contributed by atoms with Crippen LogP contribution in [0.15, 0.2) is 30.9 Å². The number of amides is 1. The molecule has 2 aliphatic rings. The predicted octanol–water partition coefficient (Wildman–Crippen LogP) is 1.60. The minimum atomic E-state index is -1.35. The van der Waals surface area contributed by atoms with E-state index in [2.05, 4.69) is 15.0 Å². The molecule has 1 fully saturated rings. The van der Waals surface area contributed by atoms with E-state index < -0.39 is 17.9 Å². The molecule has 4 rings (SSSR count). The first-order valence-electron chi connectivity index (χ1n) is 8.83. The molecule has 4 heterocycles. The average Bonchev–Trinajstić information content (AvgIpc) is 2.90. The summed E-state index contributed by atoms with van der Waals surface area (Å²) in [4.78, 5) is 28.0. The molecule has 0 unspecified atom stereocenters. The quantitative estimate of drug-likeness (QED) is 0.794. The Morgan fingerprint density at radius 3 is 2.81 bits per heavy atom. The van der Waals surface area contributed by atoms with E-state index in [4.69, 9.17) is 4.74 Å². The Bertz CT molecular complexity index is 820. The molecule has 2 aliphatic heterocycles. The summed E-state index contributed by atoms with van der Waals surface area (Å²) in [7, 11) is 0. The smallest absolute Gasteiger partial charge is 0.229 e. The summed E-state index contributed by atoms with van der Waals surface area (Å²) in [6.07, 6.45) is 4.41. The van der Waals surface area contributed by atoms with Gasteiger partial charge in [-0.15, -0.1) is 0 Å². The van der Waals surface area contributed by atoms with Gasteiger partial charge < -0.3 is 14.5 Å². The number of pyridine rings is 1. The number of rotatable bonds is 2. The van der Waals surface area contributed by atoms with Gasteiger partial charge >= 0.3 is 0 Å². The largest absolute Gasteiger partial charge is 0.491 e. The summed E-state index contributed by atoms with van der Waals surface area (Å²) >= 11 is 0. The lowest BCUT2D eigenvalue weighted by atomic mass is 9.93. The highest BCUT2D eigenvalue weighted by molar-refractivity contribution is 5.80. The number of alkyl halides is 1. The molecule has 0 bridgehead atoms. The van der Waals surface area contributed by atoms with E-state index in [-0.39, 0.29) is 18.4 Å². The van der Waals surface area contributed by atoms with Gasteiger partial charge in [-0.05, 0) is 12.5 Å². The van der Waals surface area contributed by atoms with Gasteiger partial charge in [0.2, 0.25) is 11.9 Å². The molecular formula is C18H19F2N5O2. The Balaban J connectivity index is 1.43. The van der Waals surface area contributed by atoms with Crippen molar-refractivity contribution < 1.29 is 18.3 Å². The van der Waals surface area contributed by atoms with Crippen LogP contribution in [0.1, 0.15) is 12.0 Å². The van der Waals surface area contributed by atoms with Crippen molar-refractivity contribution in [2.45, 2.75) is 19.1 Å². The first kappa shape index (κ1) is 17.6. The van der Waals surface area contributed by atoms with Gasteiger partial charge in [0.05, 0.1) is 37.9 Å². The fourth-order valence-electron chi connectivity index (χ4n) is 3.48. The van der Waals surface area contributed by atoms with Crippen molar-refractivity contribution >= 4 is 11.9 Å². The fourth-order valence-corrected chi connectivity index (χ4v) is 3.48. The third kappa shape index (κ3) is 3.67. The average molecular weight is 375 g/mol. The van der Waals surface area contributed by atoms with Crippen molar-refractivity contribution in [2.24, 2.45) is 5.92 Å². The number of ether oxygens (including phenoxy) is 1. The van der Waals surface area contributed by atoms with Crippen molar-refractivity contribution in [3.63, 3.8) is 0 Å². The second-order valence-corrected chi connectivity index (χ2v) is 6.65. The second-order valence-electron chi connectivity index (χ2n) is 6.65. The van der Waals surface area contributed by atoms with Crippen LogP contribution in [0.5, 0.6) is 5.75 Å². The van der Waals surface area contributed by atoms with Crippen molar-refractivity contribution in [3.05, 3.63) is 42.2 Å². The minimum Gasteiger partial charge on any atom is -0.491 e. The molecule has 1 saturated heterocycles. The maximum absolute atomic E-state index is 14.8. The summed E-state index contributed by atoms with van der Waals surface area (Å²) in [5.74, 6) is -0.505. The highest BCUT2D eigenvalue weighted by atomic mass is 19.1. The molecule has 0 spiro atoms. The highest BCUT2D eigenvalue weighted by Gasteiger charge is 2.38. The number of carbonyl (C=O) groups excluding carboxylic acids is 1. The van der Waals surface area contributed by atoms with Gasteiger partial charge in [0.15, 0.2) is 5.82 Å². The monoisotopic (exact) mass is 375 g/mol. The van der Waals surface area contributed by atoms with Crippen molar-refractivity contribution in [3.8, 4) is 5.75 Å². The normalized spacial score (nSPS) is 22.6. The molecule has 7 nitrogen and oxygen atoms in total. The van der Waals surface area contributed by atoms with Crippen LogP contribution in [0, 0.1) is 11.7 Å². The Labute approximate surface area is 155 Å². The number of fused-ring (bicyclic) bond motifs is 1. The lowest BCUT2D eigenvalue weighted by Crippen LogP contribution is -2.49. The summed E-state index contributed by atoms with van der Waals surface area (Å²) in [5, 5.41) is 0. The number of anilines is 1. The van der Waals surface area contributed by atoms with Gasteiger partial charge in [-0.3, -0.25) is 9.78 Å². The number of piperidine rings is 1. The van der Waals surface area contributed by atoms with E-state index in [1.165, 1.54) is 0 Å². The lowest BCUT2D eigenvalue weighted by molar-refractivity contribution is -0.139. The Morgan fingerprint density at radius 1 is 1.22 bits per heavy atom. The van der Waals surface area contributed by atoms with Crippen LogP contribution in [0.3, 0.4) is 0 Å². The third-order valence-corrected chi connectivity index (χ3v) is 4.90. The zero-order valence-corrected chi connectivity index (χ0v) is 14.6. The first-order chi connectivity index (χ1) is 13.1. The van der Waals surface area contributed by atoms with Crippen LogP contribution < -0.4 is 9.64 Å². The van der Waals surface area contributed by atoms with Crippen LogP contribution in [0.25, 0.3) is 0 Å². The molecule has 1 amide bonds. The van der Waals surface area contributed by atoms with E-state index in [1.54, 1.807) is 28.3 Å². The predicted molar refractivity (Wildman–Crippen MR) is 92.4 cm³/mol. The van der Waals surface area contributed by atoms with Gasteiger partial charge in [0, 0.05) is 24.5 Å². The molecule has 9 heteroatoms. The van der Waals surface area contributed by atoms with Crippen LogP contribution in [-0.2, 0) is 11.3 Å². The molecule has 2 atom stereocenters. The molecule has 0 aromatic carbocycles. The van der Waals surface area contributed by atoms with E-state index in [1.807, 2.05) is 0 Å². The van der Waals surface area contributed by atoms with Gasteiger partial charge in [-0.2, -0.15) is 0 Å². The minimum absolute atomic E-state index is 0.00449. The molecule has 0 aliphatic carbocycles. The number of nitrogens with zero attached hydrogens (tertiary/aromatic N) is 5. The Hall–Kier alpha value is -2.84. The zero-order chi connectivity index (χ0) is 18.8. The highest BCUT2D eigenvalue weighted by Crippen LogP contribution is 2.28. The van der Waals surface area contributed by atoms with Crippen LogP contribution in [0.4, 0.5) is 14.7 Å². The molecule has 0 N–H and O–H groups in total. The Kier molecular flexibility index (Phi) is 4.83. The van der Waals surface area contributed by atoms with Gasteiger partial charge in [-0.25, -0.2) is 18.7 Å². The molecule has 27 heavy (non-hydrogen) atoms. The van der Waals surface area contributed by atoms with Crippen molar-refractivity contribution in [2.75, 3.05) is 31.1 Å². The number of hydrogen-bond donors (Lipinski definition) is 0. The lowest BCUT2D eigenvalue weighted by Gasteiger charge is -2.36. The van der Waals surface area contributed by atoms with Gasteiger partial charge in [-0.1, -0.05) is 0 Å². The van der Waals surface area contributed by atoms with Gasteiger partial charge in [0.1, 0.15) is 18.5 Å².